The molecule has 0 spiro atoms. The first-order chi connectivity index (χ1) is 11.5. The molecule has 4 rings (SSSR count). The van der Waals surface area contributed by atoms with Crippen molar-refractivity contribution < 1.29 is 27.4 Å². The first-order valence-corrected chi connectivity index (χ1v) is 7.43. The number of aromatic nitrogens is 1. The second-order valence-electron chi connectivity index (χ2n) is 5.78. The Labute approximate surface area is 134 Å². The molecule has 0 saturated heterocycles. The zero-order valence-corrected chi connectivity index (χ0v) is 12.4. The Morgan fingerprint density at radius 3 is 2.71 bits per heavy atom. The van der Waals surface area contributed by atoms with Gasteiger partial charge >= 0.3 is 0 Å². The van der Waals surface area contributed by atoms with E-state index < -0.39 is 23.2 Å². The summed E-state index contributed by atoms with van der Waals surface area (Å²) in [6.07, 6.45) is 2.06. The van der Waals surface area contributed by atoms with E-state index in [1.807, 2.05) is 0 Å². The highest BCUT2D eigenvalue weighted by atomic mass is 19.1. The highest BCUT2D eigenvalue weighted by Gasteiger charge is 2.24. The predicted octanol–water partition coefficient (Wildman–Crippen LogP) is 4.41. The summed E-state index contributed by atoms with van der Waals surface area (Å²) in [6.45, 7) is 0.350. The summed E-state index contributed by atoms with van der Waals surface area (Å²) in [5.74, 6) is -3.21. The fourth-order valence-electron chi connectivity index (χ4n) is 2.36. The van der Waals surface area contributed by atoms with E-state index in [4.69, 9.17) is 9.15 Å². The Kier molecular flexibility index (Phi) is 3.37. The number of hydrogen-bond donors (Lipinski definition) is 1. The lowest BCUT2D eigenvalue weighted by Crippen LogP contribution is -2.02. The summed E-state index contributed by atoms with van der Waals surface area (Å²) in [6, 6.07) is 4.26. The van der Waals surface area contributed by atoms with Crippen LogP contribution in [-0.4, -0.2) is 16.7 Å². The zero-order chi connectivity index (χ0) is 16.8. The van der Waals surface area contributed by atoms with Gasteiger partial charge in [0.15, 0.2) is 22.9 Å². The van der Waals surface area contributed by atoms with Crippen LogP contribution in [0.2, 0.25) is 0 Å². The number of halogens is 3. The van der Waals surface area contributed by atoms with E-state index in [9.17, 15) is 18.3 Å². The molecule has 3 aromatic rings. The van der Waals surface area contributed by atoms with Gasteiger partial charge in [-0.1, -0.05) is 0 Å². The summed E-state index contributed by atoms with van der Waals surface area (Å²) in [5.41, 5.74) is -0.477. The number of nitrogens with zero attached hydrogens (tertiary/aromatic N) is 1. The fraction of sp³-hybridized carbons (Fsp3) is 0.235. The Hall–Kier alpha value is -2.70. The average molecular weight is 335 g/mol. The van der Waals surface area contributed by atoms with Crippen LogP contribution in [0.15, 0.2) is 28.7 Å². The van der Waals surface area contributed by atoms with E-state index >= 15 is 0 Å². The number of phenolic OH excluding ortho intramolecular Hbond substituents is 1. The molecule has 1 N–H and O–H groups in total. The quantitative estimate of drug-likeness (QED) is 0.767. The lowest BCUT2D eigenvalue weighted by molar-refractivity contribution is 0.284. The van der Waals surface area contributed by atoms with Crippen molar-refractivity contribution in [2.75, 3.05) is 6.61 Å². The van der Waals surface area contributed by atoms with Crippen LogP contribution in [0.25, 0.3) is 22.6 Å². The minimum Gasteiger partial charge on any atom is -0.505 e. The maximum Gasteiger partial charge on any atom is 0.230 e. The Balaban J connectivity index is 1.73. The molecular weight excluding hydrogens is 323 g/mol. The smallest absolute Gasteiger partial charge is 0.230 e. The van der Waals surface area contributed by atoms with E-state index in [-0.39, 0.29) is 28.3 Å². The molecule has 1 aliphatic carbocycles. The minimum atomic E-state index is -1.00. The average Bonchev–Trinajstić information content (AvgIpc) is 3.29. The minimum absolute atomic E-state index is 0.0918. The molecule has 1 heterocycles. The van der Waals surface area contributed by atoms with Crippen molar-refractivity contribution in [2.24, 2.45) is 5.92 Å². The summed E-state index contributed by atoms with van der Waals surface area (Å²) < 4.78 is 52.6. The molecule has 0 radical (unpaired) electrons. The van der Waals surface area contributed by atoms with Gasteiger partial charge in [-0.2, -0.15) is 4.39 Å². The molecule has 1 fully saturated rings. The van der Waals surface area contributed by atoms with Crippen molar-refractivity contribution in [3.8, 4) is 23.0 Å². The number of rotatable bonds is 4. The molecule has 0 unspecified atom stereocenters. The number of oxazole rings is 1. The van der Waals surface area contributed by atoms with Crippen LogP contribution in [-0.2, 0) is 0 Å². The third-order valence-corrected chi connectivity index (χ3v) is 3.90. The molecule has 4 nitrogen and oxygen atoms in total. The first-order valence-electron chi connectivity index (χ1n) is 7.43. The van der Waals surface area contributed by atoms with Gasteiger partial charge in [0.1, 0.15) is 11.3 Å². The van der Waals surface area contributed by atoms with Gasteiger partial charge in [-0.05, 0) is 37.0 Å². The van der Waals surface area contributed by atoms with Crippen molar-refractivity contribution in [2.45, 2.75) is 12.8 Å². The Morgan fingerprint density at radius 2 is 1.96 bits per heavy atom. The van der Waals surface area contributed by atoms with Gasteiger partial charge in [0.25, 0.3) is 0 Å². The van der Waals surface area contributed by atoms with Gasteiger partial charge in [-0.25, -0.2) is 13.8 Å². The third-order valence-electron chi connectivity index (χ3n) is 3.90. The van der Waals surface area contributed by atoms with E-state index in [1.54, 1.807) is 0 Å². The van der Waals surface area contributed by atoms with Crippen LogP contribution in [0.4, 0.5) is 13.2 Å². The molecule has 1 saturated carbocycles. The van der Waals surface area contributed by atoms with Crippen molar-refractivity contribution in [1.29, 1.82) is 0 Å². The molecule has 0 aliphatic heterocycles. The second-order valence-corrected chi connectivity index (χ2v) is 5.78. The zero-order valence-electron chi connectivity index (χ0n) is 12.4. The number of ether oxygens (including phenoxy) is 1. The van der Waals surface area contributed by atoms with Crippen molar-refractivity contribution in [3.05, 3.63) is 41.7 Å². The third kappa shape index (κ3) is 2.55. The van der Waals surface area contributed by atoms with Crippen LogP contribution in [0.3, 0.4) is 0 Å². The second kappa shape index (κ2) is 5.43. The number of hydrogen-bond acceptors (Lipinski definition) is 4. The lowest BCUT2D eigenvalue weighted by Gasteiger charge is -2.08. The van der Waals surface area contributed by atoms with E-state index in [0.717, 1.165) is 31.0 Å². The molecule has 2 aromatic carbocycles. The van der Waals surface area contributed by atoms with Gasteiger partial charge in [0.05, 0.1) is 12.2 Å². The summed E-state index contributed by atoms with van der Waals surface area (Å²) >= 11 is 0. The first kappa shape index (κ1) is 14.9. The lowest BCUT2D eigenvalue weighted by atomic mass is 10.2. The Morgan fingerprint density at radius 1 is 1.17 bits per heavy atom. The molecule has 0 atom stereocenters. The van der Waals surface area contributed by atoms with Crippen LogP contribution in [0.5, 0.6) is 11.5 Å². The van der Waals surface area contributed by atoms with Gasteiger partial charge in [-0.15, -0.1) is 0 Å². The van der Waals surface area contributed by atoms with E-state index in [1.165, 1.54) is 6.07 Å². The number of fused-ring (bicyclic) bond motifs is 1. The topological polar surface area (TPSA) is 55.5 Å². The molecule has 0 bridgehead atoms. The highest BCUT2D eigenvalue weighted by molar-refractivity contribution is 5.78. The monoisotopic (exact) mass is 335 g/mol. The van der Waals surface area contributed by atoms with Crippen molar-refractivity contribution in [3.63, 3.8) is 0 Å². The summed E-state index contributed by atoms with van der Waals surface area (Å²) in [7, 11) is 0. The molecule has 124 valence electrons. The molecular formula is C17H12F3NO3. The molecule has 0 amide bonds. The highest BCUT2D eigenvalue weighted by Crippen LogP contribution is 2.34. The van der Waals surface area contributed by atoms with Gasteiger partial charge in [0.2, 0.25) is 11.7 Å². The predicted molar refractivity (Wildman–Crippen MR) is 79.2 cm³/mol. The van der Waals surface area contributed by atoms with Gasteiger partial charge < -0.3 is 14.3 Å². The summed E-state index contributed by atoms with van der Waals surface area (Å²) in [5, 5.41) is 9.33. The number of aromatic hydroxyl groups is 1. The van der Waals surface area contributed by atoms with Crippen molar-refractivity contribution >= 4 is 11.1 Å². The van der Waals surface area contributed by atoms with Crippen LogP contribution in [0, 0.1) is 23.4 Å². The maximum absolute atomic E-state index is 14.3. The molecule has 1 aromatic heterocycles. The summed E-state index contributed by atoms with van der Waals surface area (Å²) in [4.78, 5) is 3.94. The van der Waals surface area contributed by atoms with Gasteiger partial charge in [0, 0.05) is 6.07 Å². The van der Waals surface area contributed by atoms with Crippen LogP contribution >= 0.6 is 0 Å². The van der Waals surface area contributed by atoms with Crippen molar-refractivity contribution in [1.82, 2.24) is 4.98 Å². The van der Waals surface area contributed by atoms with E-state index in [2.05, 4.69) is 4.98 Å². The maximum atomic E-state index is 14.3. The SMILES string of the molecule is Oc1ccc2nc(-c3cc(F)c(OCC4CC4)cc3F)oc2c1F. The van der Waals surface area contributed by atoms with E-state index in [0.29, 0.717) is 12.5 Å². The number of benzene rings is 2. The fourth-order valence-corrected chi connectivity index (χ4v) is 2.36. The van der Waals surface area contributed by atoms with Crippen LogP contribution < -0.4 is 4.74 Å². The molecule has 24 heavy (non-hydrogen) atoms. The van der Waals surface area contributed by atoms with Crippen LogP contribution in [0.1, 0.15) is 12.8 Å². The number of phenols is 1. The Bertz CT molecular complexity index is 934. The van der Waals surface area contributed by atoms with Gasteiger partial charge in [-0.3, -0.25) is 0 Å². The standard InChI is InChI=1S/C17H12F3NO3/c18-10-6-14(23-7-8-1-2-8)11(19)5-9(10)17-21-12-3-4-13(22)15(20)16(12)24-17/h3-6,8,22H,1-2,7H2. The normalized spacial score (nSPS) is 14.3. The molecule has 1 aliphatic rings. The largest absolute Gasteiger partial charge is 0.505 e. The molecule has 7 heteroatoms.